The molecule has 1 aliphatic rings. The molecule has 0 aromatic heterocycles. The largest absolute Gasteiger partial charge is 0.335 e. The van der Waals surface area contributed by atoms with Gasteiger partial charge in [0.05, 0.1) is 5.56 Å². The molecule has 2 nitrogen and oxygen atoms in total. The Morgan fingerprint density at radius 1 is 1.53 bits per heavy atom. The number of benzene rings is 1. The van der Waals surface area contributed by atoms with Gasteiger partial charge in [-0.1, -0.05) is 27.5 Å². The second-order valence-corrected chi connectivity index (χ2v) is 6.01. The zero-order valence-corrected chi connectivity index (χ0v) is 13.1. The van der Waals surface area contributed by atoms with Crippen LogP contribution in [-0.4, -0.2) is 28.7 Å². The van der Waals surface area contributed by atoms with Crippen LogP contribution in [0.25, 0.3) is 0 Å². The fraction of sp³-hybridized carbons (Fsp3) is 0.417. The van der Waals surface area contributed by atoms with Crippen LogP contribution in [0.15, 0.2) is 22.7 Å². The lowest BCUT2D eigenvalue weighted by molar-refractivity contribution is 0.0749. The van der Waals surface area contributed by atoms with Gasteiger partial charge in [-0.15, -0.1) is 0 Å². The van der Waals surface area contributed by atoms with Gasteiger partial charge in [-0.2, -0.15) is 0 Å². The van der Waals surface area contributed by atoms with Crippen molar-refractivity contribution in [2.45, 2.75) is 18.9 Å². The molecule has 92 valence electrons. The minimum Gasteiger partial charge on any atom is -0.335 e. The molecule has 0 bridgehead atoms. The monoisotopic (exact) mass is 379 g/mol. The van der Waals surface area contributed by atoms with Crippen molar-refractivity contribution in [2.24, 2.45) is 0 Å². The smallest absolute Gasteiger partial charge is 0.255 e. The van der Waals surface area contributed by atoms with E-state index in [0.717, 1.165) is 29.2 Å². The molecular formula is C12H12Br2ClNO. The Balaban J connectivity index is 2.27. The summed E-state index contributed by atoms with van der Waals surface area (Å²) in [6.07, 6.45) is 2.13. The molecule has 1 aromatic rings. The zero-order chi connectivity index (χ0) is 12.4. The minimum absolute atomic E-state index is 0.0568. The molecule has 1 unspecified atom stereocenters. The Morgan fingerprint density at radius 2 is 2.29 bits per heavy atom. The van der Waals surface area contributed by atoms with Gasteiger partial charge < -0.3 is 4.90 Å². The number of hydrogen-bond acceptors (Lipinski definition) is 1. The van der Waals surface area contributed by atoms with Crippen molar-refractivity contribution in [2.75, 3.05) is 11.9 Å². The highest BCUT2D eigenvalue weighted by molar-refractivity contribution is 9.10. The van der Waals surface area contributed by atoms with E-state index < -0.39 is 0 Å². The van der Waals surface area contributed by atoms with E-state index in [1.807, 2.05) is 11.0 Å². The van der Waals surface area contributed by atoms with E-state index in [0.29, 0.717) is 16.6 Å². The Hall–Kier alpha value is -0.0600. The minimum atomic E-state index is 0.0568. The van der Waals surface area contributed by atoms with Gasteiger partial charge in [0.2, 0.25) is 0 Å². The molecule has 0 aliphatic carbocycles. The molecule has 1 fully saturated rings. The molecule has 0 spiro atoms. The van der Waals surface area contributed by atoms with Crippen molar-refractivity contribution in [3.63, 3.8) is 0 Å². The maximum absolute atomic E-state index is 12.4. The zero-order valence-electron chi connectivity index (χ0n) is 9.13. The van der Waals surface area contributed by atoms with Gasteiger partial charge in [-0.05, 0) is 47.0 Å². The number of carbonyl (C=O) groups excluding carboxylic acids is 1. The molecule has 1 aliphatic heterocycles. The van der Waals surface area contributed by atoms with Gasteiger partial charge >= 0.3 is 0 Å². The predicted octanol–water partition coefficient (Wildman–Crippen LogP) is 4.10. The summed E-state index contributed by atoms with van der Waals surface area (Å²) in [7, 11) is 0. The lowest BCUT2D eigenvalue weighted by atomic mass is 10.2. The topological polar surface area (TPSA) is 20.3 Å². The molecular weight excluding hydrogens is 369 g/mol. The van der Waals surface area contributed by atoms with Crippen LogP contribution in [0.3, 0.4) is 0 Å². The second kappa shape index (κ2) is 5.72. The molecule has 0 radical (unpaired) electrons. The lowest BCUT2D eigenvalue weighted by Gasteiger charge is -2.23. The number of hydrogen-bond donors (Lipinski definition) is 0. The van der Waals surface area contributed by atoms with E-state index in [4.69, 9.17) is 11.6 Å². The second-order valence-electron chi connectivity index (χ2n) is 4.07. The van der Waals surface area contributed by atoms with Crippen molar-refractivity contribution in [3.8, 4) is 0 Å². The molecule has 17 heavy (non-hydrogen) atoms. The van der Waals surface area contributed by atoms with Crippen LogP contribution >= 0.6 is 43.5 Å². The van der Waals surface area contributed by atoms with Crippen LogP contribution in [0.2, 0.25) is 5.02 Å². The molecule has 2 rings (SSSR count). The summed E-state index contributed by atoms with van der Waals surface area (Å²) < 4.78 is 0.798. The molecule has 5 heteroatoms. The van der Waals surface area contributed by atoms with E-state index in [-0.39, 0.29) is 5.91 Å². The van der Waals surface area contributed by atoms with Crippen molar-refractivity contribution >= 4 is 49.4 Å². The van der Waals surface area contributed by atoms with E-state index in [9.17, 15) is 4.79 Å². The summed E-state index contributed by atoms with van der Waals surface area (Å²) in [4.78, 5) is 14.3. The fourth-order valence-corrected chi connectivity index (χ4v) is 3.34. The molecule has 1 saturated heterocycles. The number of amides is 1. The highest BCUT2D eigenvalue weighted by Gasteiger charge is 2.29. The van der Waals surface area contributed by atoms with Crippen molar-refractivity contribution in [3.05, 3.63) is 33.3 Å². The maximum atomic E-state index is 12.4. The van der Waals surface area contributed by atoms with Crippen LogP contribution in [0.5, 0.6) is 0 Å². The molecule has 0 N–H and O–H groups in total. The SMILES string of the molecule is O=C(c1cc(Cl)ccc1Br)N1CCCC1CBr. The summed E-state index contributed by atoms with van der Waals surface area (Å²) in [5, 5.41) is 1.42. The van der Waals surface area contributed by atoms with Crippen LogP contribution in [0.1, 0.15) is 23.2 Å². The normalized spacial score (nSPS) is 19.7. The molecule has 1 amide bonds. The van der Waals surface area contributed by atoms with Crippen LogP contribution in [0, 0.1) is 0 Å². The van der Waals surface area contributed by atoms with E-state index in [1.165, 1.54) is 0 Å². The first kappa shape index (κ1) is 13.4. The number of carbonyl (C=O) groups is 1. The highest BCUT2D eigenvalue weighted by atomic mass is 79.9. The predicted molar refractivity (Wildman–Crippen MR) is 77.0 cm³/mol. The average molecular weight is 381 g/mol. The molecule has 1 atom stereocenters. The lowest BCUT2D eigenvalue weighted by Crippen LogP contribution is -2.36. The third-order valence-electron chi connectivity index (χ3n) is 2.97. The van der Waals surface area contributed by atoms with Crippen molar-refractivity contribution in [1.82, 2.24) is 4.90 Å². The Bertz CT molecular complexity index is 439. The summed E-state index contributed by atoms with van der Waals surface area (Å²) in [5.74, 6) is 0.0568. The van der Waals surface area contributed by atoms with Gasteiger partial charge in [-0.3, -0.25) is 4.79 Å². The van der Waals surface area contributed by atoms with Gasteiger partial charge in [0.25, 0.3) is 5.91 Å². The highest BCUT2D eigenvalue weighted by Crippen LogP contribution is 2.26. The standard InChI is InChI=1S/C12H12Br2ClNO/c13-7-9-2-1-5-16(9)12(17)10-6-8(15)3-4-11(10)14/h3-4,6,9H,1-2,5,7H2. The van der Waals surface area contributed by atoms with Gasteiger partial charge in [0.1, 0.15) is 0 Å². The van der Waals surface area contributed by atoms with E-state index in [1.54, 1.807) is 12.1 Å². The summed E-state index contributed by atoms with van der Waals surface area (Å²) >= 11 is 12.8. The average Bonchev–Trinajstić information content (AvgIpc) is 2.79. The molecule has 0 saturated carbocycles. The Kier molecular flexibility index (Phi) is 4.50. The van der Waals surface area contributed by atoms with E-state index in [2.05, 4.69) is 31.9 Å². The molecule has 1 heterocycles. The number of alkyl halides is 1. The summed E-state index contributed by atoms with van der Waals surface area (Å²) in [6.45, 7) is 0.827. The first-order valence-electron chi connectivity index (χ1n) is 5.45. The van der Waals surface area contributed by atoms with Gasteiger partial charge in [-0.25, -0.2) is 0 Å². The maximum Gasteiger partial charge on any atom is 0.255 e. The first-order chi connectivity index (χ1) is 8.13. The molecule has 1 aromatic carbocycles. The van der Waals surface area contributed by atoms with Crippen molar-refractivity contribution < 1.29 is 4.79 Å². The van der Waals surface area contributed by atoms with E-state index >= 15 is 0 Å². The number of rotatable bonds is 2. The Labute approximate surface area is 123 Å². The first-order valence-corrected chi connectivity index (χ1v) is 7.74. The quantitative estimate of drug-likeness (QED) is 0.707. The van der Waals surface area contributed by atoms with Gasteiger partial charge in [0, 0.05) is 27.4 Å². The van der Waals surface area contributed by atoms with Crippen LogP contribution in [-0.2, 0) is 0 Å². The summed E-state index contributed by atoms with van der Waals surface area (Å²) in [5.41, 5.74) is 0.644. The van der Waals surface area contributed by atoms with Crippen LogP contribution in [0.4, 0.5) is 0 Å². The van der Waals surface area contributed by atoms with Crippen LogP contribution < -0.4 is 0 Å². The Morgan fingerprint density at radius 3 is 3.00 bits per heavy atom. The van der Waals surface area contributed by atoms with Gasteiger partial charge in [0.15, 0.2) is 0 Å². The third-order valence-corrected chi connectivity index (χ3v) is 4.65. The fourth-order valence-electron chi connectivity index (χ4n) is 2.08. The number of likely N-dealkylation sites (tertiary alicyclic amines) is 1. The number of halogens is 3. The van der Waals surface area contributed by atoms with Crippen molar-refractivity contribution in [1.29, 1.82) is 0 Å². The summed E-state index contributed by atoms with van der Waals surface area (Å²) in [6, 6.07) is 5.61. The number of nitrogens with zero attached hydrogens (tertiary/aromatic N) is 1. The third kappa shape index (κ3) is 2.85.